The molecule has 0 bridgehead atoms. The predicted molar refractivity (Wildman–Crippen MR) is 96.0 cm³/mol. The van der Waals surface area contributed by atoms with Crippen molar-refractivity contribution in [2.45, 2.75) is 39.3 Å². The number of tetrazole rings is 1. The van der Waals surface area contributed by atoms with Crippen LogP contribution < -0.4 is 4.90 Å². The molecule has 0 spiro atoms. The molecule has 1 amide bonds. The maximum Gasteiger partial charge on any atom is 0.227 e. The van der Waals surface area contributed by atoms with Crippen molar-refractivity contribution in [3.63, 3.8) is 0 Å². The second-order valence-electron chi connectivity index (χ2n) is 6.73. The number of carbonyl (C=O) groups is 1. The van der Waals surface area contributed by atoms with Gasteiger partial charge in [0.15, 0.2) is 6.33 Å². The van der Waals surface area contributed by atoms with Gasteiger partial charge in [0.25, 0.3) is 0 Å². The van der Waals surface area contributed by atoms with Gasteiger partial charge in [-0.3, -0.25) is 4.79 Å². The summed E-state index contributed by atoms with van der Waals surface area (Å²) in [5.41, 5.74) is 0.386. The number of benzene rings is 1. The van der Waals surface area contributed by atoms with Crippen molar-refractivity contribution in [2.24, 2.45) is 5.92 Å². The summed E-state index contributed by atoms with van der Waals surface area (Å²) in [6, 6.07) is 6.53. The molecule has 2 atom stereocenters. The molecule has 1 aliphatic heterocycles. The number of nitrogens with zero attached hydrogens (tertiary/aromatic N) is 6. The summed E-state index contributed by atoms with van der Waals surface area (Å²) < 4.78 is 14.3. The highest BCUT2D eigenvalue weighted by molar-refractivity contribution is 5.94. The van der Waals surface area contributed by atoms with Gasteiger partial charge >= 0.3 is 0 Å². The zero-order chi connectivity index (χ0) is 18.5. The molecule has 3 rings (SSSR count). The quantitative estimate of drug-likeness (QED) is 0.788. The molecule has 8 heteroatoms. The Morgan fingerprint density at radius 2 is 2.15 bits per heavy atom. The van der Waals surface area contributed by atoms with Crippen LogP contribution in [0.2, 0.25) is 0 Å². The Morgan fingerprint density at radius 1 is 1.35 bits per heavy atom. The van der Waals surface area contributed by atoms with E-state index in [1.807, 2.05) is 6.92 Å². The van der Waals surface area contributed by atoms with Crippen molar-refractivity contribution in [3.05, 3.63) is 36.4 Å². The number of aromatic nitrogens is 4. The highest BCUT2D eigenvalue weighted by Crippen LogP contribution is 2.29. The zero-order valence-electron chi connectivity index (χ0n) is 15.3. The van der Waals surface area contributed by atoms with Crippen molar-refractivity contribution in [1.29, 1.82) is 0 Å². The van der Waals surface area contributed by atoms with Gasteiger partial charge in [0, 0.05) is 32.1 Å². The first-order valence-corrected chi connectivity index (χ1v) is 9.10. The average molecular weight is 360 g/mol. The number of anilines is 1. The van der Waals surface area contributed by atoms with E-state index < -0.39 is 0 Å². The van der Waals surface area contributed by atoms with Crippen molar-refractivity contribution in [3.8, 4) is 0 Å². The first kappa shape index (κ1) is 18.4. The molecule has 0 saturated carbocycles. The lowest BCUT2D eigenvalue weighted by Gasteiger charge is -2.42. The molecule has 0 unspecified atom stereocenters. The number of hydrogen-bond acceptors (Lipinski definition) is 5. The number of piperidine rings is 1. The van der Waals surface area contributed by atoms with Crippen LogP contribution in [0.25, 0.3) is 0 Å². The molecular formula is C18H25FN6O. The maximum absolute atomic E-state index is 14.3. The zero-order valence-corrected chi connectivity index (χ0v) is 15.3. The third kappa shape index (κ3) is 4.07. The largest absolute Gasteiger partial charge is 0.306 e. The van der Waals surface area contributed by atoms with Gasteiger partial charge < -0.3 is 9.80 Å². The number of rotatable bonds is 6. The Hall–Kier alpha value is -2.35. The summed E-state index contributed by atoms with van der Waals surface area (Å²) in [4.78, 5) is 18.2. The Labute approximate surface area is 152 Å². The third-order valence-electron chi connectivity index (χ3n) is 4.97. The van der Waals surface area contributed by atoms with E-state index in [1.165, 1.54) is 12.4 Å². The lowest BCUT2D eigenvalue weighted by Crippen LogP contribution is -2.53. The molecule has 140 valence electrons. The lowest BCUT2D eigenvalue weighted by molar-refractivity contribution is -0.119. The Morgan fingerprint density at radius 3 is 2.81 bits per heavy atom. The fraction of sp³-hybridized carbons (Fsp3) is 0.556. The molecule has 1 aliphatic rings. The summed E-state index contributed by atoms with van der Waals surface area (Å²) in [5, 5.41) is 11.6. The van der Waals surface area contributed by atoms with E-state index >= 15 is 0 Å². The Kier molecular flexibility index (Phi) is 5.92. The van der Waals surface area contributed by atoms with E-state index in [4.69, 9.17) is 0 Å². The SMILES string of the molecule is CCC(=O)N(c1ccccc1F)[C@H]1CCN(CCn2ncnn2)C[C@@H]1C. The van der Waals surface area contributed by atoms with E-state index in [9.17, 15) is 9.18 Å². The van der Waals surface area contributed by atoms with E-state index in [-0.39, 0.29) is 23.7 Å². The van der Waals surface area contributed by atoms with E-state index in [0.717, 1.165) is 26.1 Å². The fourth-order valence-electron chi connectivity index (χ4n) is 3.64. The molecule has 2 aromatic rings. The van der Waals surface area contributed by atoms with Crippen LogP contribution in [0.15, 0.2) is 30.6 Å². The summed E-state index contributed by atoms with van der Waals surface area (Å²) in [6.07, 6.45) is 2.60. The second kappa shape index (κ2) is 8.35. The van der Waals surface area contributed by atoms with Crippen molar-refractivity contribution >= 4 is 11.6 Å². The van der Waals surface area contributed by atoms with Crippen LogP contribution in [-0.2, 0) is 11.3 Å². The monoisotopic (exact) mass is 360 g/mol. The number of halogens is 1. The molecule has 1 aromatic carbocycles. The Balaban J connectivity index is 1.69. The highest BCUT2D eigenvalue weighted by Gasteiger charge is 2.34. The van der Waals surface area contributed by atoms with E-state index in [2.05, 4.69) is 27.2 Å². The first-order valence-electron chi connectivity index (χ1n) is 9.10. The molecular weight excluding hydrogens is 335 g/mol. The van der Waals surface area contributed by atoms with Crippen LogP contribution in [0.3, 0.4) is 0 Å². The topological polar surface area (TPSA) is 67.2 Å². The molecule has 7 nitrogen and oxygen atoms in total. The van der Waals surface area contributed by atoms with Gasteiger partial charge in [0.2, 0.25) is 5.91 Å². The third-order valence-corrected chi connectivity index (χ3v) is 4.97. The fourth-order valence-corrected chi connectivity index (χ4v) is 3.64. The molecule has 0 N–H and O–H groups in total. The van der Waals surface area contributed by atoms with Crippen LogP contribution in [0, 0.1) is 11.7 Å². The van der Waals surface area contributed by atoms with Crippen LogP contribution >= 0.6 is 0 Å². The summed E-state index contributed by atoms with van der Waals surface area (Å²) in [6.45, 7) is 7.16. The lowest BCUT2D eigenvalue weighted by atomic mass is 9.91. The van der Waals surface area contributed by atoms with Gasteiger partial charge in [-0.25, -0.2) is 4.39 Å². The average Bonchev–Trinajstić information content (AvgIpc) is 3.16. The summed E-state index contributed by atoms with van der Waals surface area (Å²) >= 11 is 0. The number of hydrogen-bond donors (Lipinski definition) is 0. The van der Waals surface area contributed by atoms with E-state index in [1.54, 1.807) is 27.9 Å². The van der Waals surface area contributed by atoms with Crippen molar-refractivity contribution in [2.75, 3.05) is 24.5 Å². The minimum Gasteiger partial charge on any atom is -0.306 e. The minimum absolute atomic E-state index is 0.0000880. The summed E-state index contributed by atoms with van der Waals surface area (Å²) in [7, 11) is 0. The summed E-state index contributed by atoms with van der Waals surface area (Å²) in [5.74, 6) is -0.143. The second-order valence-corrected chi connectivity index (χ2v) is 6.73. The normalized spacial score (nSPS) is 20.9. The van der Waals surface area contributed by atoms with Gasteiger partial charge in [-0.05, 0) is 29.7 Å². The molecule has 1 saturated heterocycles. The number of para-hydroxylation sites is 1. The molecule has 1 fully saturated rings. The van der Waals surface area contributed by atoms with Gasteiger partial charge in [-0.1, -0.05) is 26.0 Å². The van der Waals surface area contributed by atoms with Crippen LogP contribution in [0.1, 0.15) is 26.7 Å². The van der Waals surface area contributed by atoms with Gasteiger partial charge in [0.1, 0.15) is 5.82 Å². The molecule has 2 heterocycles. The van der Waals surface area contributed by atoms with Crippen molar-refractivity contribution in [1.82, 2.24) is 25.1 Å². The van der Waals surface area contributed by atoms with Gasteiger partial charge in [-0.2, -0.15) is 4.80 Å². The van der Waals surface area contributed by atoms with E-state index in [0.29, 0.717) is 18.7 Å². The molecule has 26 heavy (non-hydrogen) atoms. The smallest absolute Gasteiger partial charge is 0.227 e. The first-order chi connectivity index (χ1) is 12.6. The number of carbonyl (C=O) groups excluding carboxylic acids is 1. The molecule has 0 radical (unpaired) electrons. The highest BCUT2D eigenvalue weighted by atomic mass is 19.1. The maximum atomic E-state index is 14.3. The molecule has 0 aliphatic carbocycles. The van der Waals surface area contributed by atoms with Crippen LogP contribution in [0.4, 0.5) is 10.1 Å². The van der Waals surface area contributed by atoms with Gasteiger partial charge in [-0.15, -0.1) is 10.2 Å². The standard InChI is InChI=1S/C18H25FN6O/c1-3-18(26)25(17-7-5-4-6-15(17)19)16-8-9-23(12-14(16)2)10-11-24-21-13-20-22-24/h4-7,13-14,16H,3,8-12H2,1-2H3/t14-,16-/m0/s1. The Bertz CT molecular complexity index is 722. The van der Waals surface area contributed by atoms with Crippen LogP contribution in [-0.4, -0.2) is 56.7 Å². The predicted octanol–water partition coefficient (Wildman–Crippen LogP) is 1.97. The number of likely N-dealkylation sites (tertiary alicyclic amines) is 1. The molecule has 1 aromatic heterocycles. The number of amides is 1. The van der Waals surface area contributed by atoms with Crippen LogP contribution in [0.5, 0.6) is 0 Å². The minimum atomic E-state index is -0.346. The van der Waals surface area contributed by atoms with Crippen molar-refractivity contribution < 1.29 is 9.18 Å². The van der Waals surface area contributed by atoms with Gasteiger partial charge in [0.05, 0.1) is 12.2 Å².